The lowest BCUT2D eigenvalue weighted by molar-refractivity contribution is 0.416. The van der Waals surface area contributed by atoms with E-state index in [0.29, 0.717) is 11.1 Å². The summed E-state index contributed by atoms with van der Waals surface area (Å²) in [7, 11) is 1.63. The summed E-state index contributed by atoms with van der Waals surface area (Å²) >= 11 is 0. The molecule has 0 aliphatic carbocycles. The largest absolute Gasteiger partial charge is 0.496 e. The minimum Gasteiger partial charge on any atom is -0.496 e. The molecule has 20 heavy (non-hydrogen) atoms. The number of benzene rings is 2. The number of fused-ring (bicyclic) bond motifs is 1. The Morgan fingerprint density at radius 1 is 1.15 bits per heavy atom. The van der Waals surface area contributed by atoms with E-state index in [0.717, 1.165) is 16.9 Å². The van der Waals surface area contributed by atoms with Gasteiger partial charge in [0.15, 0.2) is 11.4 Å². The molecule has 0 atom stereocenters. The van der Waals surface area contributed by atoms with E-state index in [1.165, 1.54) is 0 Å². The van der Waals surface area contributed by atoms with Crippen LogP contribution in [0.2, 0.25) is 0 Å². The minimum absolute atomic E-state index is 0.127. The van der Waals surface area contributed by atoms with Crippen LogP contribution in [-0.4, -0.2) is 17.9 Å². The van der Waals surface area contributed by atoms with Crippen LogP contribution in [0.15, 0.2) is 46.9 Å². The molecule has 5 heteroatoms. The Hall–Kier alpha value is -2.82. The number of oxazole rings is 1. The van der Waals surface area contributed by atoms with Crippen molar-refractivity contribution in [3.8, 4) is 16.9 Å². The van der Waals surface area contributed by atoms with Gasteiger partial charge in [-0.25, -0.2) is 4.98 Å². The maximum atomic E-state index is 7.42. The number of nitrogens with two attached hydrogens (primary N) is 1. The van der Waals surface area contributed by atoms with Crippen LogP contribution in [0, 0.1) is 5.41 Å². The average Bonchev–Trinajstić information content (AvgIpc) is 2.91. The Bertz CT molecular complexity index is 793. The molecule has 0 fully saturated rings. The van der Waals surface area contributed by atoms with E-state index in [9.17, 15) is 0 Å². The van der Waals surface area contributed by atoms with Crippen LogP contribution in [0.25, 0.3) is 22.2 Å². The molecule has 0 radical (unpaired) electrons. The number of hydrogen-bond donors (Lipinski definition) is 2. The lowest BCUT2D eigenvalue weighted by Crippen LogP contribution is -2.10. The van der Waals surface area contributed by atoms with Gasteiger partial charge in [-0.3, -0.25) is 5.41 Å². The maximum absolute atomic E-state index is 7.42. The number of para-hydroxylation sites is 2. The highest BCUT2D eigenvalue weighted by Crippen LogP contribution is 2.34. The second-order valence-electron chi connectivity index (χ2n) is 4.29. The Labute approximate surface area is 115 Å². The van der Waals surface area contributed by atoms with Crippen LogP contribution in [0.5, 0.6) is 5.75 Å². The molecule has 5 nitrogen and oxygen atoms in total. The number of methoxy groups -OCH3 is 1. The van der Waals surface area contributed by atoms with Crippen molar-refractivity contribution in [2.45, 2.75) is 0 Å². The standard InChI is InChI=1S/C15H13N3O2/c1-19-11-7-3-2-5-9(11)10-6-4-8-12-13(10)18-15(20-12)14(16)17/h2-8H,1H3,(H3,16,17). The summed E-state index contributed by atoms with van der Waals surface area (Å²) in [6, 6.07) is 13.3. The van der Waals surface area contributed by atoms with Gasteiger partial charge in [0, 0.05) is 11.1 Å². The third-order valence-electron chi connectivity index (χ3n) is 3.05. The first kappa shape index (κ1) is 12.2. The van der Waals surface area contributed by atoms with Crippen LogP contribution >= 0.6 is 0 Å². The lowest BCUT2D eigenvalue weighted by atomic mass is 10.0. The lowest BCUT2D eigenvalue weighted by Gasteiger charge is -2.08. The Balaban J connectivity index is 2.28. The molecule has 0 unspecified atom stereocenters. The molecule has 3 N–H and O–H groups in total. The summed E-state index contributed by atoms with van der Waals surface area (Å²) in [6.07, 6.45) is 0. The van der Waals surface area contributed by atoms with Gasteiger partial charge in [-0.2, -0.15) is 0 Å². The molecule has 100 valence electrons. The minimum atomic E-state index is -0.188. The SMILES string of the molecule is COc1ccccc1-c1cccc2oc(C(=N)N)nc12. The molecule has 1 aromatic heterocycles. The predicted molar refractivity (Wildman–Crippen MR) is 77.0 cm³/mol. The van der Waals surface area contributed by atoms with E-state index in [1.807, 2.05) is 36.4 Å². The monoisotopic (exact) mass is 267 g/mol. The van der Waals surface area contributed by atoms with Crippen molar-refractivity contribution < 1.29 is 9.15 Å². The molecule has 0 bridgehead atoms. The Morgan fingerprint density at radius 2 is 1.90 bits per heavy atom. The predicted octanol–water partition coefficient (Wildman–Crippen LogP) is 2.79. The molecule has 0 saturated carbocycles. The maximum Gasteiger partial charge on any atom is 0.262 e. The first-order valence-corrected chi connectivity index (χ1v) is 6.08. The molecular formula is C15H13N3O2. The summed E-state index contributed by atoms with van der Waals surface area (Å²) in [5, 5.41) is 7.42. The molecule has 1 heterocycles. The number of hydrogen-bond acceptors (Lipinski definition) is 4. The summed E-state index contributed by atoms with van der Waals surface area (Å²) in [6.45, 7) is 0. The van der Waals surface area contributed by atoms with E-state index in [1.54, 1.807) is 13.2 Å². The second-order valence-corrected chi connectivity index (χ2v) is 4.29. The van der Waals surface area contributed by atoms with Gasteiger partial charge in [-0.15, -0.1) is 0 Å². The van der Waals surface area contributed by atoms with Crippen LogP contribution < -0.4 is 10.5 Å². The Kier molecular flexibility index (Phi) is 2.87. The van der Waals surface area contributed by atoms with Crippen molar-refractivity contribution in [2.24, 2.45) is 5.73 Å². The van der Waals surface area contributed by atoms with E-state index >= 15 is 0 Å². The van der Waals surface area contributed by atoms with Crippen LogP contribution in [0.3, 0.4) is 0 Å². The molecule has 0 aliphatic rings. The van der Waals surface area contributed by atoms with Gasteiger partial charge in [0.1, 0.15) is 11.3 Å². The smallest absolute Gasteiger partial charge is 0.262 e. The zero-order valence-electron chi connectivity index (χ0n) is 10.9. The van der Waals surface area contributed by atoms with E-state index in [4.69, 9.17) is 20.3 Å². The number of nitrogen functional groups attached to an aromatic ring is 1. The fourth-order valence-corrected chi connectivity index (χ4v) is 2.15. The molecule has 0 amide bonds. The normalized spacial score (nSPS) is 10.7. The topological polar surface area (TPSA) is 85.1 Å². The number of amidine groups is 1. The number of ether oxygens (including phenoxy) is 1. The van der Waals surface area contributed by atoms with Gasteiger partial charge in [-0.05, 0) is 12.1 Å². The van der Waals surface area contributed by atoms with Gasteiger partial charge in [0.25, 0.3) is 5.89 Å². The van der Waals surface area contributed by atoms with Crippen molar-refractivity contribution in [3.05, 3.63) is 48.4 Å². The average molecular weight is 267 g/mol. The van der Waals surface area contributed by atoms with E-state index in [-0.39, 0.29) is 11.7 Å². The first-order chi connectivity index (χ1) is 9.70. The highest BCUT2D eigenvalue weighted by molar-refractivity contribution is 5.97. The van der Waals surface area contributed by atoms with Crippen molar-refractivity contribution in [2.75, 3.05) is 7.11 Å². The fourth-order valence-electron chi connectivity index (χ4n) is 2.15. The van der Waals surface area contributed by atoms with Gasteiger partial charge in [0.2, 0.25) is 0 Å². The van der Waals surface area contributed by atoms with Crippen LogP contribution in [0.1, 0.15) is 5.89 Å². The fraction of sp³-hybridized carbons (Fsp3) is 0.0667. The molecule has 0 saturated heterocycles. The number of nitrogens with one attached hydrogen (secondary N) is 1. The summed E-state index contributed by atoms with van der Waals surface area (Å²) < 4.78 is 10.8. The molecule has 3 aromatic rings. The number of aromatic nitrogens is 1. The van der Waals surface area contributed by atoms with Crippen LogP contribution in [0.4, 0.5) is 0 Å². The van der Waals surface area contributed by atoms with Crippen molar-refractivity contribution in [3.63, 3.8) is 0 Å². The third kappa shape index (κ3) is 1.89. The summed E-state index contributed by atoms with van der Waals surface area (Å²) in [5.41, 5.74) is 8.50. The van der Waals surface area contributed by atoms with Gasteiger partial charge in [0.05, 0.1) is 7.11 Å². The number of nitrogens with zero attached hydrogens (tertiary/aromatic N) is 1. The van der Waals surface area contributed by atoms with Gasteiger partial charge in [-0.1, -0.05) is 30.3 Å². The third-order valence-corrected chi connectivity index (χ3v) is 3.05. The van der Waals surface area contributed by atoms with Gasteiger partial charge >= 0.3 is 0 Å². The summed E-state index contributed by atoms with van der Waals surface area (Å²) in [5.74, 6) is 0.696. The van der Waals surface area contributed by atoms with Crippen molar-refractivity contribution in [1.82, 2.24) is 4.98 Å². The molecule has 0 aliphatic heterocycles. The molecule has 2 aromatic carbocycles. The zero-order valence-corrected chi connectivity index (χ0v) is 10.9. The van der Waals surface area contributed by atoms with Crippen LogP contribution in [-0.2, 0) is 0 Å². The van der Waals surface area contributed by atoms with Crippen molar-refractivity contribution in [1.29, 1.82) is 5.41 Å². The highest BCUT2D eigenvalue weighted by atomic mass is 16.5. The second kappa shape index (κ2) is 4.70. The van der Waals surface area contributed by atoms with Gasteiger partial charge < -0.3 is 14.9 Å². The molecule has 0 spiro atoms. The van der Waals surface area contributed by atoms with Crippen molar-refractivity contribution >= 4 is 16.9 Å². The summed E-state index contributed by atoms with van der Waals surface area (Å²) in [4.78, 5) is 4.29. The molecule has 3 rings (SSSR count). The molecular weight excluding hydrogens is 254 g/mol. The van der Waals surface area contributed by atoms with E-state index < -0.39 is 0 Å². The quantitative estimate of drug-likeness (QED) is 0.564. The zero-order chi connectivity index (χ0) is 14.1. The number of rotatable bonds is 3. The Morgan fingerprint density at radius 3 is 2.65 bits per heavy atom. The first-order valence-electron chi connectivity index (χ1n) is 6.08. The highest BCUT2D eigenvalue weighted by Gasteiger charge is 2.14. The van der Waals surface area contributed by atoms with E-state index in [2.05, 4.69) is 4.98 Å².